The van der Waals surface area contributed by atoms with Gasteiger partial charge in [-0.15, -0.1) is 0 Å². The molecule has 0 heterocycles. The van der Waals surface area contributed by atoms with Gasteiger partial charge in [0.15, 0.2) is 16.6 Å². The average Bonchev–Trinajstić information content (AvgIpc) is 2.73. The van der Waals surface area contributed by atoms with E-state index in [9.17, 15) is 10.2 Å². The van der Waals surface area contributed by atoms with Gasteiger partial charge in [0.25, 0.3) is 0 Å². The van der Waals surface area contributed by atoms with Gasteiger partial charge in [-0.25, -0.2) is 0 Å². The van der Waals surface area contributed by atoms with Gasteiger partial charge in [0.1, 0.15) is 11.7 Å². The molecule has 1 aromatic rings. The van der Waals surface area contributed by atoms with Crippen LogP contribution in [0.2, 0.25) is 36.3 Å². The summed E-state index contributed by atoms with van der Waals surface area (Å²) >= 11 is 0. The minimum absolute atomic E-state index is 0.103. The summed E-state index contributed by atoms with van der Waals surface area (Å²) in [5, 5.41) is 24.3. The third kappa shape index (κ3) is 6.10. The third-order valence-corrected chi connectivity index (χ3v) is 18.8. The highest BCUT2D eigenvalue weighted by Crippen LogP contribution is 2.53. The standard InChI is InChI=1S/C30H54O4Si2/c1-22-18-19-30(32,29(8,9)25(22)21-34-36(12,13)28(5,6)7)26(31)24-17-15-14-16-23(24)20-33-35(10,11)27(2,3)4/h14-17,26,31-32H,18-21H2,1-13H3/t26-,30+/m0/s1. The van der Waals surface area contributed by atoms with Gasteiger partial charge >= 0.3 is 0 Å². The van der Waals surface area contributed by atoms with Gasteiger partial charge in [0.05, 0.1) is 13.2 Å². The summed E-state index contributed by atoms with van der Waals surface area (Å²) in [6.07, 6.45) is 0.229. The van der Waals surface area contributed by atoms with E-state index in [4.69, 9.17) is 8.85 Å². The van der Waals surface area contributed by atoms with Crippen LogP contribution in [-0.4, -0.2) is 39.1 Å². The predicted octanol–water partition coefficient (Wildman–Crippen LogP) is 8.13. The van der Waals surface area contributed by atoms with E-state index < -0.39 is 33.8 Å². The van der Waals surface area contributed by atoms with E-state index in [1.807, 2.05) is 24.3 Å². The van der Waals surface area contributed by atoms with Crippen LogP contribution < -0.4 is 0 Å². The highest BCUT2D eigenvalue weighted by molar-refractivity contribution is 6.74. The van der Waals surface area contributed by atoms with Gasteiger partial charge in [0, 0.05) is 5.41 Å². The van der Waals surface area contributed by atoms with Crippen LogP contribution in [0.1, 0.15) is 92.4 Å². The molecule has 0 saturated heterocycles. The first-order valence-corrected chi connectivity index (χ1v) is 19.4. The molecule has 0 saturated carbocycles. The molecule has 0 amide bonds. The Morgan fingerprint density at radius 3 is 1.86 bits per heavy atom. The Bertz CT molecular complexity index is 950. The number of aliphatic hydroxyl groups excluding tert-OH is 1. The van der Waals surface area contributed by atoms with Crippen molar-refractivity contribution in [3.05, 3.63) is 46.5 Å². The van der Waals surface area contributed by atoms with Crippen LogP contribution in [0, 0.1) is 5.41 Å². The number of aliphatic hydroxyl groups is 2. The second-order valence-electron chi connectivity index (χ2n) is 14.5. The summed E-state index contributed by atoms with van der Waals surface area (Å²) in [6, 6.07) is 7.89. The lowest BCUT2D eigenvalue weighted by atomic mass is 9.59. The zero-order valence-electron chi connectivity index (χ0n) is 25.4. The molecule has 0 radical (unpaired) electrons. The third-order valence-electron chi connectivity index (χ3n) is 9.81. The molecular formula is C30H54O4Si2. The van der Waals surface area contributed by atoms with Crippen molar-refractivity contribution in [1.29, 1.82) is 0 Å². The van der Waals surface area contributed by atoms with Gasteiger partial charge < -0.3 is 19.1 Å². The SMILES string of the molecule is CC1=C(CO[Si](C)(C)C(C)(C)C)C(C)(C)[C@](O)([C@@H](O)c2ccccc2CO[Si](C)(C)C(C)(C)C)CC1. The molecule has 0 fully saturated rings. The maximum Gasteiger partial charge on any atom is 0.192 e. The quantitative estimate of drug-likeness (QED) is 0.261. The second kappa shape index (κ2) is 10.4. The molecule has 0 bridgehead atoms. The maximum atomic E-state index is 12.2. The molecule has 2 N–H and O–H groups in total. The Balaban J connectivity index is 2.38. The average molecular weight is 535 g/mol. The molecule has 1 aliphatic carbocycles. The lowest BCUT2D eigenvalue weighted by molar-refractivity contribution is -0.149. The Hall–Kier alpha value is -0.766. The Labute approximate surface area is 223 Å². The van der Waals surface area contributed by atoms with Gasteiger partial charge in [-0.3, -0.25) is 0 Å². The number of hydrogen-bond acceptors (Lipinski definition) is 4. The van der Waals surface area contributed by atoms with Crippen LogP contribution in [0.25, 0.3) is 0 Å². The normalized spacial score (nSPS) is 22.6. The Morgan fingerprint density at radius 2 is 1.36 bits per heavy atom. The van der Waals surface area contributed by atoms with Crippen molar-refractivity contribution < 1.29 is 19.1 Å². The molecule has 0 spiro atoms. The van der Waals surface area contributed by atoms with Crippen molar-refractivity contribution >= 4 is 16.6 Å². The number of hydrogen-bond donors (Lipinski definition) is 2. The van der Waals surface area contributed by atoms with Crippen molar-refractivity contribution in [3.8, 4) is 0 Å². The van der Waals surface area contributed by atoms with E-state index in [1.165, 1.54) is 5.57 Å². The highest BCUT2D eigenvalue weighted by Gasteiger charge is 2.54. The van der Waals surface area contributed by atoms with E-state index >= 15 is 0 Å². The Morgan fingerprint density at radius 1 is 0.889 bits per heavy atom. The Kier molecular flexibility index (Phi) is 9.10. The molecule has 2 rings (SSSR count). The number of rotatable bonds is 8. The fraction of sp³-hybridized carbons (Fsp3) is 0.733. The summed E-state index contributed by atoms with van der Waals surface area (Å²) in [5.41, 5.74) is 2.14. The molecule has 2 atom stereocenters. The fourth-order valence-electron chi connectivity index (χ4n) is 4.55. The van der Waals surface area contributed by atoms with Crippen molar-refractivity contribution in [2.24, 2.45) is 5.41 Å². The molecule has 0 aromatic heterocycles. The van der Waals surface area contributed by atoms with E-state index in [2.05, 4.69) is 88.5 Å². The summed E-state index contributed by atoms with van der Waals surface area (Å²) in [6.45, 7) is 29.7. The number of benzene rings is 1. The molecule has 6 heteroatoms. The first-order valence-electron chi connectivity index (χ1n) is 13.5. The van der Waals surface area contributed by atoms with Crippen LogP contribution in [0.3, 0.4) is 0 Å². The lowest BCUT2D eigenvalue weighted by Gasteiger charge is -2.51. The summed E-state index contributed by atoms with van der Waals surface area (Å²) in [5.74, 6) is 0. The smallest absolute Gasteiger partial charge is 0.192 e. The fourth-order valence-corrected chi connectivity index (χ4v) is 6.44. The molecule has 0 aliphatic heterocycles. The summed E-state index contributed by atoms with van der Waals surface area (Å²) in [7, 11) is -3.92. The van der Waals surface area contributed by atoms with Gasteiger partial charge in [0.2, 0.25) is 0 Å². The zero-order valence-corrected chi connectivity index (χ0v) is 27.4. The molecular weight excluding hydrogens is 480 g/mol. The van der Waals surface area contributed by atoms with Crippen LogP contribution in [0.4, 0.5) is 0 Å². The van der Waals surface area contributed by atoms with Gasteiger partial charge in [-0.1, -0.05) is 85.2 Å². The maximum absolute atomic E-state index is 12.2. The minimum atomic E-state index is -1.96. The monoisotopic (exact) mass is 534 g/mol. The molecule has 0 unspecified atom stereocenters. The van der Waals surface area contributed by atoms with Crippen molar-refractivity contribution in [2.75, 3.05) is 6.61 Å². The predicted molar refractivity (Wildman–Crippen MR) is 157 cm³/mol. The van der Waals surface area contributed by atoms with Crippen LogP contribution in [0.15, 0.2) is 35.4 Å². The van der Waals surface area contributed by atoms with Crippen LogP contribution in [-0.2, 0) is 15.5 Å². The summed E-state index contributed by atoms with van der Waals surface area (Å²) in [4.78, 5) is 0. The highest BCUT2D eigenvalue weighted by atomic mass is 28.4. The van der Waals surface area contributed by atoms with Crippen molar-refractivity contribution in [2.45, 2.75) is 130 Å². The zero-order chi connectivity index (χ0) is 28.0. The molecule has 4 nitrogen and oxygen atoms in total. The minimum Gasteiger partial charge on any atom is -0.413 e. The topological polar surface area (TPSA) is 58.9 Å². The molecule has 36 heavy (non-hydrogen) atoms. The first kappa shape index (κ1) is 31.5. The van der Waals surface area contributed by atoms with Crippen LogP contribution in [0.5, 0.6) is 0 Å². The van der Waals surface area contributed by atoms with Gasteiger partial charge in [-0.2, -0.15) is 0 Å². The van der Waals surface area contributed by atoms with E-state index in [0.717, 1.165) is 23.1 Å². The second-order valence-corrected chi connectivity index (χ2v) is 24.1. The van der Waals surface area contributed by atoms with E-state index in [1.54, 1.807) is 0 Å². The molecule has 206 valence electrons. The van der Waals surface area contributed by atoms with Gasteiger partial charge in [-0.05, 0) is 72.7 Å². The molecule has 1 aliphatic rings. The van der Waals surface area contributed by atoms with Crippen LogP contribution >= 0.6 is 0 Å². The van der Waals surface area contributed by atoms with Crippen molar-refractivity contribution in [3.63, 3.8) is 0 Å². The lowest BCUT2D eigenvalue weighted by Crippen LogP contribution is -2.54. The van der Waals surface area contributed by atoms with E-state index in [-0.39, 0.29) is 10.1 Å². The summed E-state index contributed by atoms with van der Waals surface area (Å²) < 4.78 is 13.1. The first-order chi connectivity index (χ1) is 16.1. The van der Waals surface area contributed by atoms with Crippen molar-refractivity contribution in [1.82, 2.24) is 0 Å². The molecule has 1 aromatic carbocycles. The number of allylic oxidation sites excluding steroid dienone is 1. The van der Waals surface area contributed by atoms with E-state index in [0.29, 0.717) is 19.6 Å². The largest absolute Gasteiger partial charge is 0.413 e.